The molecule has 1 aliphatic heterocycles. The van der Waals surface area contributed by atoms with Crippen molar-refractivity contribution in [2.45, 2.75) is 38.8 Å². The minimum atomic E-state index is -0.614. The van der Waals surface area contributed by atoms with Gasteiger partial charge < -0.3 is 5.11 Å². The van der Waals surface area contributed by atoms with Gasteiger partial charge in [0.1, 0.15) is 0 Å². The number of hydrogen-bond donors (Lipinski definition) is 1. The third kappa shape index (κ3) is 1.27. The second-order valence-electron chi connectivity index (χ2n) is 4.36. The number of aliphatic hydroxyl groups is 1. The molecule has 0 bridgehead atoms. The molecule has 3 nitrogen and oxygen atoms in total. The van der Waals surface area contributed by atoms with E-state index in [4.69, 9.17) is 5.11 Å². The van der Waals surface area contributed by atoms with Crippen LogP contribution in [0.5, 0.6) is 0 Å². The van der Waals surface area contributed by atoms with Gasteiger partial charge in [-0.15, -0.1) is 0 Å². The van der Waals surface area contributed by atoms with Crippen molar-refractivity contribution in [2.24, 2.45) is 0 Å². The molecule has 0 saturated heterocycles. The number of rotatable bonds is 1. The lowest BCUT2D eigenvalue weighted by molar-refractivity contribution is -0.652. The molecule has 74 valence electrons. The van der Waals surface area contributed by atoms with E-state index in [1.165, 1.54) is 0 Å². The van der Waals surface area contributed by atoms with E-state index >= 15 is 0 Å². The summed E-state index contributed by atoms with van der Waals surface area (Å²) in [6.45, 7) is 7.25. The summed E-state index contributed by atoms with van der Waals surface area (Å²) in [5, 5.41) is 9.17. The minimum Gasteiger partial charge on any atom is -0.392 e. The van der Waals surface area contributed by atoms with E-state index in [0.717, 1.165) is 14.8 Å². The molecule has 0 aliphatic carbocycles. The van der Waals surface area contributed by atoms with Crippen LogP contribution in [0.4, 0.5) is 0 Å². The summed E-state index contributed by atoms with van der Waals surface area (Å²) in [7, 11) is 0. The van der Waals surface area contributed by atoms with Crippen molar-refractivity contribution in [1.29, 1.82) is 0 Å². The number of nitrogens with zero attached hydrogens (tertiary/aromatic N) is 1. The van der Waals surface area contributed by atoms with E-state index in [-0.39, 0.29) is 6.61 Å². The highest BCUT2D eigenvalue weighted by Crippen LogP contribution is 2.44. The van der Waals surface area contributed by atoms with Crippen molar-refractivity contribution in [3.8, 4) is 0 Å². The van der Waals surface area contributed by atoms with Crippen LogP contribution in [-0.4, -0.2) is 27.6 Å². The highest BCUT2D eigenvalue weighted by Gasteiger charge is 2.58. The van der Waals surface area contributed by atoms with Gasteiger partial charge in [-0.1, -0.05) is 0 Å². The largest absolute Gasteiger partial charge is 0.392 e. The van der Waals surface area contributed by atoms with Crippen LogP contribution >= 0.6 is 15.9 Å². The molecule has 0 fully saturated rings. The highest BCUT2D eigenvalue weighted by atomic mass is 79.9. The van der Waals surface area contributed by atoms with Gasteiger partial charge in [-0.05, 0) is 15.9 Å². The van der Waals surface area contributed by atoms with E-state index in [1.54, 1.807) is 0 Å². The van der Waals surface area contributed by atoms with E-state index in [1.807, 2.05) is 27.7 Å². The van der Waals surface area contributed by atoms with E-state index < -0.39 is 11.1 Å². The Kier molecular flexibility index (Phi) is 2.41. The third-order valence-corrected chi connectivity index (χ3v) is 4.16. The van der Waals surface area contributed by atoms with Gasteiger partial charge in [0.2, 0.25) is 11.1 Å². The molecule has 1 rings (SSSR count). The van der Waals surface area contributed by atoms with E-state index in [0.29, 0.717) is 0 Å². The predicted molar refractivity (Wildman–Crippen MR) is 54.8 cm³/mol. The second-order valence-corrected chi connectivity index (χ2v) is 5.16. The van der Waals surface area contributed by atoms with Crippen molar-refractivity contribution < 1.29 is 9.87 Å². The first-order chi connectivity index (χ1) is 5.76. The first kappa shape index (κ1) is 10.9. The molecule has 4 heteroatoms. The van der Waals surface area contributed by atoms with Crippen molar-refractivity contribution in [3.05, 3.63) is 15.0 Å². The van der Waals surface area contributed by atoms with Crippen LogP contribution in [0.1, 0.15) is 27.7 Å². The fourth-order valence-electron chi connectivity index (χ4n) is 1.81. The van der Waals surface area contributed by atoms with Gasteiger partial charge in [-0.3, -0.25) is 0 Å². The van der Waals surface area contributed by atoms with Crippen molar-refractivity contribution in [1.82, 2.24) is 0 Å². The number of halogens is 1. The molecule has 0 aromatic carbocycles. The highest BCUT2D eigenvalue weighted by molar-refractivity contribution is 9.11. The molecule has 0 radical (unpaired) electrons. The molecule has 0 saturated carbocycles. The lowest BCUT2D eigenvalue weighted by atomic mass is 9.98. The number of hydrogen-bond acceptors (Lipinski definition) is 2. The molecule has 13 heavy (non-hydrogen) atoms. The summed E-state index contributed by atoms with van der Waals surface area (Å²) in [5.74, 6) is 0. The average Bonchev–Trinajstić information content (AvgIpc) is 2.12. The van der Waals surface area contributed by atoms with Crippen molar-refractivity contribution in [3.63, 3.8) is 0 Å². The molecule has 0 aromatic rings. The summed E-state index contributed by atoms with van der Waals surface area (Å²) >= 11 is 3.38. The second kappa shape index (κ2) is 2.89. The van der Waals surface area contributed by atoms with Crippen LogP contribution in [0, 0.1) is 4.91 Å². The van der Waals surface area contributed by atoms with Gasteiger partial charge in [-0.25, -0.2) is 0 Å². The van der Waals surface area contributed by atoms with E-state index in [9.17, 15) is 4.91 Å². The summed E-state index contributed by atoms with van der Waals surface area (Å²) in [4.78, 5) is 11.9. The zero-order chi connectivity index (χ0) is 10.4. The first-order valence-corrected chi connectivity index (χ1v) is 5.03. The smallest absolute Gasteiger partial charge is 0.237 e. The monoisotopic (exact) mass is 248 g/mol. The fraction of sp³-hybridized carbons (Fsp3) is 0.778. The molecule has 1 N–H and O–H groups in total. The van der Waals surface area contributed by atoms with Gasteiger partial charge in [-0.2, -0.15) is 0 Å². The zero-order valence-electron chi connectivity index (χ0n) is 8.39. The van der Waals surface area contributed by atoms with Crippen LogP contribution in [0.3, 0.4) is 0 Å². The summed E-state index contributed by atoms with van der Waals surface area (Å²) in [5.41, 5.74) is -0.411. The van der Waals surface area contributed by atoms with Crippen LogP contribution in [0.25, 0.3) is 0 Å². The zero-order valence-corrected chi connectivity index (χ0v) is 9.97. The summed E-state index contributed by atoms with van der Waals surface area (Å²) in [6, 6.07) is 0. The molecular formula is C9H15BrNO2+. The number of aliphatic hydroxyl groups excluding tert-OH is 1. The Labute approximate surface area is 86.5 Å². The molecule has 1 heterocycles. The molecule has 0 spiro atoms. The summed E-state index contributed by atoms with van der Waals surface area (Å²) in [6.07, 6.45) is 0. The predicted octanol–water partition coefficient (Wildman–Crippen LogP) is 1.98. The van der Waals surface area contributed by atoms with Crippen LogP contribution < -0.4 is 0 Å². The normalized spacial score (nSPS) is 25.5. The SMILES string of the molecule is CC1(C)C(Br)=C(CO)C(C)(C)[N+]1=O. The van der Waals surface area contributed by atoms with Crippen LogP contribution in [-0.2, 0) is 0 Å². The Morgan fingerprint density at radius 2 is 1.77 bits per heavy atom. The average molecular weight is 249 g/mol. The Morgan fingerprint density at radius 1 is 1.31 bits per heavy atom. The third-order valence-electron chi connectivity index (χ3n) is 2.71. The van der Waals surface area contributed by atoms with Gasteiger partial charge in [0.15, 0.2) is 0 Å². The topological polar surface area (TPSA) is 40.3 Å². The molecule has 1 aliphatic rings. The quantitative estimate of drug-likeness (QED) is 0.722. The maximum Gasteiger partial charge on any atom is 0.237 e. The van der Waals surface area contributed by atoms with Gasteiger partial charge in [0.25, 0.3) is 0 Å². The molecule has 0 aromatic heterocycles. The van der Waals surface area contributed by atoms with Crippen molar-refractivity contribution in [2.75, 3.05) is 6.61 Å². The maximum absolute atomic E-state index is 11.9. The van der Waals surface area contributed by atoms with Gasteiger partial charge in [0.05, 0.1) is 11.1 Å². The molecule has 0 amide bonds. The lowest BCUT2D eigenvalue weighted by Crippen LogP contribution is -2.41. The summed E-state index contributed by atoms with van der Waals surface area (Å²) < 4.78 is 1.83. The maximum atomic E-state index is 11.9. The standard InChI is InChI=1S/C9H15BrNO2/c1-8(2)6(5-12)7(10)9(3,4)11(8)13/h12H,5H2,1-4H3/q+1. The molecule has 0 unspecified atom stereocenters. The van der Waals surface area contributed by atoms with E-state index in [2.05, 4.69) is 15.9 Å². The Hall–Kier alpha value is -0.220. The van der Waals surface area contributed by atoms with Gasteiger partial charge >= 0.3 is 0 Å². The Morgan fingerprint density at radius 3 is 1.92 bits per heavy atom. The Bertz CT molecular complexity index is 292. The van der Waals surface area contributed by atoms with Crippen LogP contribution in [0.15, 0.2) is 10.1 Å². The first-order valence-electron chi connectivity index (χ1n) is 4.24. The van der Waals surface area contributed by atoms with Crippen LogP contribution in [0.2, 0.25) is 0 Å². The minimum absolute atomic E-state index is 0.0737. The fourth-order valence-corrected chi connectivity index (χ4v) is 2.58. The van der Waals surface area contributed by atoms with Crippen molar-refractivity contribution >= 4 is 15.9 Å². The molecular weight excluding hydrogens is 234 g/mol. The Balaban J connectivity index is 3.32. The van der Waals surface area contributed by atoms with Gasteiger partial charge in [0, 0.05) is 42.9 Å². The molecule has 0 atom stereocenters. The number of nitroso groups, excluding NO2 is 1. The lowest BCUT2D eigenvalue weighted by Gasteiger charge is -2.15.